The van der Waals surface area contributed by atoms with Gasteiger partial charge in [0.25, 0.3) is 0 Å². The molecule has 0 aliphatic carbocycles. The van der Waals surface area contributed by atoms with Crippen LogP contribution in [0.5, 0.6) is 0 Å². The van der Waals surface area contributed by atoms with Gasteiger partial charge in [0.1, 0.15) is 0 Å². The topological polar surface area (TPSA) is 40.5 Å². The molecule has 1 saturated heterocycles. The summed E-state index contributed by atoms with van der Waals surface area (Å²) in [5.74, 6) is 0.497. The normalized spacial score (nSPS) is 19.8. The Morgan fingerprint density at radius 2 is 2.11 bits per heavy atom. The Balaban J connectivity index is 1.81. The zero-order valence-electron chi connectivity index (χ0n) is 10.7. The lowest BCUT2D eigenvalue weighted by atomic mass is 9.98. The van der Waals surface area contributed by atoms with Crippen molar-refractivity contribution in [2.24, 2.45) is 5.92 Å². The molecular weight excluding hydrogens is 226 g/mol. The van der Waals surface area contributed by atoms with Crippen molar-refractivity contribution < 1.29 is 9.90 Å². The van der Waals surface area contributed by atoms with Crippen LogP contribution in [0.3, 0.4) is 0 Å². The monoisotopic (exact) mass is 247 g/mol. The van der Waals surface area contributed by atoms with Crippen molar-refractivity contribution in [1.82, 2.24) is 4.90 Å². The number of carbonyl (C=O) groups excluding carboxylic acids is 1. The Morgan fingerprint density at radius 1 is 1.33 bits per heavy atom. The summed E-state index contributed by atoms with van der Waals surface area (Å²) in [7, 11) is 0. The molecule has 3 heteroatoms. The molecule has 1 aromatic carbocycles. The highest BCUT2D eigenvalue weighted by Crippen LogP contribution is 2.17. The van der Waals surface area contributed by atoms with E-state index >= 15 is 0 Å². The van der Waals surface area contributed by atoms with Crippen molar-refractivity contribution >= 4 is 5.91 Å². The number of likely N-dealkylation sites (tertiary alicyclic amines) is 1. The van der Waals surface area contributed by atoms with Crippen molar-refractivity contribution in [1.29, 1.82) is 0 Å². The Labute approximate surface area is 108 Å². The minimum absolute atomic E-state index is 0.197. The first-order chi connectivity index (χ1) is 8.79. The van der Waals surface area contributed by atoms with Crippen molar-refractivity contribution in [2.45, 2.75) is 25.7 Å². The summed E-state index contributed by atoms with van der Waals surface area (Å²) in [5, 5.41) is 9.16. The molecule has 0 aromatic heterocycles. The lowest BCUT2D eigenvalue weighted by Gasteiger charge is -2.32. The number of aryl methyl sites for hydroxylation is 1. The average molecular weight is 247 g/mol. The van der Waals surface area contributed by atoms with Gasteiger partial charge in [0, 0.05) is 26.1 Å². The number of hydrogen-bond acceptors (Lipinski definition) is 2. The molecule has 1 aliphatic rings. The number of amides is 1. The van der Waals surface area contributed by atoms with Crippen LogP contribution >= 0.6 is 0 Å². The quantitative estimate of drug-likeness (QED) is 0.882. The lowest BCUT2D eigenvalue weighted by molar-refractivity contribution is -0.133. The van der Waals surface area contributed by atoms with Gasteiger partial charge < -0.3 is 10.0 Å². The zero-order chi connectivity index (χ0) is 12.8. The van der Waals surface area contributed by atoms with E-state index in [0.717, 1.165) is 32.4 Å². The van der Waals surface area contributed by atoms with Crippen LogP contribution in [0.1, 0.15) is 24.8 Å². The third kappa shape index (κ3) is 3.57. The average Bonchev–Trinajstić information content (AvgIpc) is 2.46. The molecule has 1 heterocycles. The predicted octanol–water partition coefficient (Wildman–Crippen LogP) is 1.85. The number of aliphatic hydroxyl groups excluding tert-OH is 1. The van der Waals surface area contributed by atoms with Gasteiger partial charge in [-0.2, -0.15) is 0 Å². The van der Waals surface area contributed by atoms with Gasteiger partial charge in [-0.05, 0) is 30.7 Å². The van der Waals surface area contributed by atoms with Gasteiger partial charge in [0.2, 0.25) is 5.91 Å². The molecule has 3 nitrogen and oxygen atoms in total. The number of aliphatic hydroxyl groups is 1. The van der Waals surface area contributed by atoms with Crippen molar-refractivity contribution in [3.8, 4) is 0 Å². The molecule has 1 atom stereocenters. The molecule has 1 fully saturated rings. The molecule has 0 radical (unpaired) electrons. The molecule has 1 amide bonds. The van der Waals surface area contributed by atoms with E-state index in [2.05, 4.69) is 12.1 Å². The first kappa shape index (κ1) is 13.1. The van der Waals surface area contributed by atoms with Crippen LogP contribution in [-0.4, -0.2) is 35.6 Å². The van der Waals surface area contributed by atoms with Gasteiger partial charge in [-0.3, -0.25) is 4.79 Å². The van der Waals surface area contributed by atoms with E-state index in [9.17, 15) is 4.79 Å². The minimum Gasteiger partial charge on any atom is -0.396 e. The van der Waals surface area contributed by atoms with E-state index in [1.165, 1.54) is 5.56 Å². The second-order valence-electron chi connectivity index (χ2n) is 5.02. The summed E-state index contributed by atoms with van der Waals surface area (Å²) < 4.78 is 0. The standard InChI is InChI=1S/C15H21NO2/c17-12-14-7-4-10-16(11-14)15(18)9-8-13-5-2-1-3-6-13/h1-3,5-6,14,17H,4,7-12H2. The van der Waals surface area contributed by atoms with E-state index in [4.69, 9.17) is 5.11 Å². The molecule has 1 unspecified atom stereocenters. The minimum atomic E-state index is 0.197. The molecule has 0 bridgehead atoms. The fourth-order valence-electron chi connectivity index (χ4n) is 2.49. The highest BCUT2D eigenvalue weighted by Gasteiger charge is 2.22. The number of carbonyl (C=O) groups is 1. The summed E-state index contributed by atoms with van der Waals surface area (Å²) >= 11 is 0. The van der Waals surface area contributed by atoms with Crippen LogP contribution < -0.4 is 0 Å². The molecule has 0 spiro atoms. The van der Waals surface area contributed by atoms with Crippen molar-refractivity contribution in [3.05, 3.63) is 35.9 Å². The number of piperidine rings is 1. The zero-order valence-corrected chi connectivity index (χ0v) is 10.7. The van der Waals surface area contributed by atoms with Crippen LogP contribution in [-0.2, 0) is 11.2 Å². The van der Waals surface area contributed by atoms with Crippen LogP contribution in [0.15, 0.2) is 30.3 Å². The second-order valence-corrected chi connectivity index (χ2v) is 5.02. The fourth-order valence-corrected chi connectivity index (χ4v) is 2.49. The van der Waals surface area contributed by atoms with E-state index in [1.54, 1.807) is 0 Å². The second kappa shape index (κ2) is 6.55. The van der Waals surface area contributed by atoms with Crippen molar-refractivity contribution in [2.75, 3.05) is 19.7 Å². The van der Waals surface area contributed by atoms with Gasteiger partial charge in [0.05, 0.1) is 0 Å². The van der Waals surface area contributed by atoms with E-state index < -0.39 is 0 Å². The van der Waals surface area contributed by atoms with Gasteiger partial charge in [0.15, 0.2) is 0 Å². The van der Waals surface area contributed by atoms with Crippen molar-refractivity contribution in [3.63, 3.8) is 0 Å². The maximum absolute atomic E-state index is 12.1. The maximum atomic E-state index is 12.1. The lowest BCUT2D eigenvalue weighted by Crippen LogP contribution is -2.41. The van der Waals surface area contributed by atoms with Gasteiger partial charge in [-0.15, -0.1) is 0 Å². The van der Waals surface area contributed by atoms with Crippen LogP contribution in [0.2, 0.25) is 0 Å². The van der Waals surface area contributed by atoms with Crippen LogP contribution in [0.25, 0.3) is 0 Å². The highest BCUT2D eigenvalue weighted by molar-refractivity contribution is 5.76. The first-order valence-corrected chi connectivity index (χ1v) is 6.72. The molecule has 0 saturated carbocycles. The Kier molecular flexibility index (Phi) is 4.76. The smallest absolute Gasteiger partial charge is 0.222 e. The largest absolute Gasteiger partial charge is 0.396 e. The molecule has 18 heavy (non-hydrogen) atoms. The van der Waals surface area contributed by atoms with Crippen LogP contribution in [0, 0.1) is 5.92 Å². The molecule has 1 N–H and O–H groups in total. The molecule has 2 rings (SSSR count). The number of hydrogen-bond donors (Lipinski definition) is 1. The highest BCUT2D eigenvalue weighted by atomic mass is 16.3. The van der Waals surface area contributed by atoms with Gasteiger partial charge in [-0.25, -0.2) is 0 Å². The summed E-state index contributed by atoms with van der Waals surface area (Å²) in [4.78, 5) is 14.0. The summed E-state index contributed by atoms with van der Waals surface area (Å²) in [6.45, 7) is 1.77. The maximum Gasteiger partial charge on any atom is 0.222 e. The number of benzene rings is 1. The molecule has 98 valence electrons. The van der Waals surface area contributed by atoms with E-state index in [0.29, 0.717) is 6.42 Å². The van der Waals surface area contributed by atoms with Gasteiger partial charge >= 0.3 is 0 Å². The number of rotatable bonds is 4. The fraction of sp³-hybridized carbons (Fsp3) is 0.533. The van der Waals surface area contributed by atoms with Crippen LogP contribution in [0.4, 0.5) is 0 Å². The first-order valence-electron chi connectivity index (χ1n) is 6.72. The third-order valence-electron chi connectivity index (χ3n) is 3.60. The SMILES string of the molecule is O=C(CCc1ccccc1)N1CCCC(CO)C1. The molecule has 1 aliphatic heterocycles. The predicted molar refractivity (Wildman–Crippen MR) is 71.2 cm³/mol. The summed E-state index contributed by atoms with van der Waals surface area (Å²) in [5.41, 5.74) is 1.21. The number of nitrogens with zero attached hydrogens (tertiary/aromatic N) is 1. The molecule has 1 aromatic rings. The summed E-state index contributed by atoms with van der Waals surface area (Å²) in [6, 6.07) is 10.1. The summed E-state index contributed by atoms with van der Waals surface area (Å²) in [6.07, 6.45) is 3.43. The van der Waals surface area contributed by atoms with E-state index in [1.807, 2.05) is 23.1 Å². The Morgan fingerprint density at radius 3 is 2.83 bits per heavy atom. The Hall–Kier alpha value is -1.35. The third-order valence-corrected chi connectivity index (χ3v) is 3.60. The van der Waals surface area contributed by atoms with E-state index in [-0.39, 0.29) is 18.4 Å². The molecular formula is C15H21NO2. The van der Waals surface area contributed by atoms with Gasteiger partial charge in [-0.1, -0.05) is 30.3 Å². The Bertz CT molecular complexity index is 377.